The summed E-state index contributed by atoms with van der Waals surface area (Å²) in [5.74, 6) is -2.71. The van der Waals surface area contributed by atoms with Crippen LogP contribution in [0, 0.1) is 18.6 Å². The molecule has 2 aromatic rings. The molecule has 0 aliphatic carbocycles. The number of carbonyl (C=O) groups excluding carboxylic acids is 1. The minimum absolute atomic E-state index is 0.00651. The molecule has 6 heteroatoms. The van der Waals surface area contributed by atoms with Crippen molar-refractivity contribution >= 4 is 27.4 Å². The van der Waals surface area contributed by atoms with Crippen LogP contribution in [0.25, 0.3) is 0 Å². The second-order valence-corrected chi connectivity index (χ2v) is 5.38. The first-order chi connectivity index (χ1) is 9.85. The van der Waals surface area contributed by atoms with Gasteiger partial charge in [0.15, 0.2) is 5.78 Å². The maximum atomic E-state index is 14.0. The van der Waals surface area contributed by atoms with Crippen LogP contribution in [0.5, 0.6) is 5.75 Å². The van der Waals surface area contributed by atoms with Crippen molar-refractivity contribution in [3.63, 3.8) is 0 Å². The highest BCUT2D eigenvalue weighted by Crippen LogP contribution is 2.28. The Labute approximate surface area is 128 Å². The lowest BCUT2D eigenvalue weighted by molar-refractivity contribution is 0.103. The number of halogens is 3. The minimum atomic E-state index is -0.977. The lowest BCUT2D eigenvalue weighted by atomic mass is 9.97. The summed E-state index contributed by atoms with van der Waals surface area (Å²) < 4.78 is 33.3. The standard InChI is InChI=1S/C15H12BrF2NO2/c1-7-10(3-8(16)4-13(7)19)15(20)14-11(17)5-9(21-2)6-12(14)18/h3-6H,19H2,1-2H3. The highest BCUT2D eigenvalue weighted by molar-refractivity contribution is 9.10. The molecule has 0 atom stereocenters. The van der Waals surface area contributed by atoms with E-state index in [9.17, 15) is 13.6 Å². The van der Waals surface area contributed by atoms with Crippen molar-refractivity contribution in [3.05, 3.63) is 57.1 Å². The first-order valence-corrected chi connectivity index (χ1v) is 6.77. The Morgan fingerprint density at radius 3 is 2.29 bits per heavy atom. The maximum absolute atomic E-state index is 14.0. The summed E-state index contributed by atoms with van der Waals surface area (Å²) in [7, 11) is 1.29. The lowest BCUT2D eigenvalue weighted by Gasteiger charge is -2.11. The van der Waals surface area contributed by atoms with E-state index in [1.165, 1.54) is 13.2 Å². The molecule has 110 valence electrons. The maximum Gasteiger partial charge on any atom is 0.199 e. The Morgan fingerprint density at radius 1 is 1.19 bits per heavy atom. The molecular formula is C15H12BrF2NO2. The van der Waals surface area contributed by atoms with Crippen molar-refractivity contribution in [2.75, 3.05) is 12.8 Å². The van der Waals surface area contributed by atoms with E-state index in [4.69, 9.17) is 10.5 Å². The van der Waals surface area contributed by atoms with Gasteiger partial charge in [0.1, 0.15) is 17.4 Å². The fourth-order valence-electron chi connectivity index (χ4n) is 1.96. The Bertz CT molecular complexity index is 709. The topological polar surface area (TPSA) is 52.3 Å². The van der Waals surface area contributed by atoms with Gasteiger partial charge < -0.3 is 10.5 Å². The predicted molar refractivity (Wildman–Crippen MR) is 79.6 cm³/mol. The highest BCUT2D eigenvalue weighted by Gasteiger charge is 2.23. The molecule has 2 rings (SSSR count). The van der Waals surface area contributed by atoms with Crippen molar-refractivity contribution < 1.29 is 18.3 Å². The number of carbonyl (C=O) groups is 1. The number of benzene rings is 2. The van der Waals surface area contributed by atoms with E-state index in [0.29, 0.717) is 15.7 Å². The van der Waals surface area contributed by atoms with Crippen LogP contribution in [-0.2, 0) is 0 Å². The molecular weight excluding hydrogens is 344 g/mol. The molecule has 0 heterocycles. The average molecular weight is 356 g/mol. The van der Waals surface area contributed by atoms with Gasteiger partial charge in [-0.1, -0.05) is 15.9 Å². The number of nitrogens with two attached hydrogens (primary N) is 1. The van der Waals surface area contributed by atoms with Crippen molar-refractivity contribution in [2.45, 2.75) is 6.92 Å². The van der Waals surface area contributed by atoms with E-state index in [0.717, 1.165) is 12.1 Å². The Hall–Kier alpha value is -1.95. The van der Waals surface area contributed by atoms with Crippen LogP contribution < -0.4 is 10.5 Å². The predicted octanol–water partition coefficient (Wildman–Crippen LogP) is 3.86. The van der Waals surface area contributed by atoms with E-state index in [-0.39, 0.29) is 11.3 Å². The zero-order valence-electron chi connectivity index (χ0n) is 11.3. The smallest absolute Gasteiger partial charge is 0.199 e. The van der Waals surface area contributed by atoms with Gasteiger partial charge in [-0.15, -0.1) is 0 Å². The van der Waals surface area contributed by atoms with Crippen LogP contribution in [0.1, 0.15) is 21.5 Å². The quantitative estimate of drug-likeness (QED) is 0.671. The summed E-state index contributed by atoms with van der Waals surface area (Å²) >= 11 is 3.21. The summed E-state index contributed by atoms with van der Waals surface area (Å²) in [6.07, 6.45) is 0. The van der Waals surface area contributed by atoms with Crippen LogP contribution in [0.15, 0.2) is 28.7 Å². The number of hydrogen-bond donors (Lipinski definition) is 1. The summed E-state index contributed by atoms with van der Waals surface area (Å²) in [5, 5.41) is 0. The SMILES string of the molecule is COc1cc(F)c(C(=O)c2cc(Br)cc(N)c2C)c(F)c1. The van der Waals surface area contributed by atoms with Gasteiger partial charge in [-0.3, -0.25) is 4.79 Å². The zero-order chi connectivity index (χ0) is 15.7. The van der Waals surface area contributed by atoms with E-state index in [2.05, 4.69) is 15.9 Å². The second kappa shape index (κ2) is 5.81. The monoisotopic (exact) mass is 355 g/mol. The molecule has 2 aromatic carbocycles. The van der Waals surface area contributed by atoms with Crippen molar-refractivity contribution in [2.24, 2.45) is 0 Å². The molecule has 0 amide bonds. The van der Waals surface area contributed by atoms with Gasteiger partial charge >= 0.3 is 0 Å². The molecule has 0 aliphatic rings. The van der Waals surface area contributed by atoms with Gasteiger partial charge in [0.25, 0.3) is 0 Å². The van der Waals surface area contributed by atoms with E-state index < -0.39 is 23.0 Å². The molecule has 21 heavy (non-hydrogen) atoms. The third kappa shape index (κ3) is 2.90. The first kappa shape index (κ1) is 15.4. The van der Waals surface area contributed by atoms with Gasteiger partial charge in [-0.25, -0.2) is 8.78 Å². The Morgan fingerprint density at radius 2 is 1.76 bits per heavy atom. The van der Waals surface area contributed by atoms with Crippen molar-refractivity contribution in [1.29, 1.82) is 0 Å². The molecule has 0 spiro atoms. The van der Waals surface area contributed by atoms with Crippen molar-refractivity contribution in [1.82, 2.24) is 0 Å². The van der Waals surface area contributed by atoms with Crippen LogP contribution in [0.2, 0.25) is 0 Å². The summed E-state index contributed by atoms with van der Waals surface area (Å²) in [5.41, 5.74) is 6.12. The molecule has 0 saturated carbocycles. The molecule has 0 aliphatic heterocycles. The third-order valence-corrected chi connectivity index (χ3v) is 3.59. The van der Waals surface area contributed by atoms with E-state index in [1.807, 2.05) is 0 Å². The summed E-state index contributed by atoms with van der Waals surface area (Å²) in [4.78, 5) is 12.4. The first-order valence-electron chi connectivity index (χ1n) is 5.98. The fourth-order valence-corrected chi connectivity index (χ4v) is 2.43. The molecule has 0 fully saturated rings. The molecule has 0 bridgehead atoms. The number of hydrogen-bond acceptors (Lipinski definition) is 3. The number of ether oxygens (including phenoxy) is 1. The molecule has 2 N–H and O–H groups in total. The average Bonchev–Trinajstić information content (AvgIpc) is 2.41. The molecule has 0 unspecified atom stereocenters. The van der Waals surface area contributed by atoms with E-state index in [1.54, 1.807) is 13.0 Å². The normalized spacial score (nSPS) is 10.5. The third-order valence-electron chi connectivity index (χ3n) is 3.14. The minimum Gasteiger partial charge on any atom is -0.497 e. The highest BCUT2D eigenvalue weighted by atomic mass is 79.9. The number of rotatable bonds is 3. The number of anilines is 1. The summed E-state index contributed by atoms with van der Waals surface area (Å²) in [6, 6.07) is 5.03. The fraction of sp³-hybridized carbons (Fsp3) is 0.133. The molecule has 0 aromatic heterocycles. The van der Waals surface area contributed by atoms with Gasteiger partial charge in [0.2, 0.25) is 0 Å². The second-order valence-electron chi connectivity index (χ2n) is 4.46. The van der Waals surface area contributed by atoms with Crippen LogP contribution in [-0.4, -0.2) is 12.9 Å². The Balaban J connectivity index is 2.61. The molecule has 0 radical (unpaired) electrons. The van der Waals surface area contributed by atoms with Gasteiger partial charge in [-0.2, -0.15) is 0 Å². The van der Waals surface area contributed by atoms with E-state index >= 15 is 0 Å². The number of methoxy groups -OCH3 is 1. The van der Waals surface area contributed by atoms with Crippen molar-refractivity contribution in [3.8, 4) is 5.75 Å². The number of ketones is 1. The zero-order valence-corrected chi connectivity index (χ0v) is 12.9. The van der Waals surface area contributed by atoms with Crippen LogP contribution in [0.4, 0.5) is 14.5 Å². The molecule has 3 nitrogen and oxygen atoms in total. The van der Waals surface area contributed by atoms with Gasteiger partial charge in [-0.05, 0) is 24.6 Å². The molecule has 0 saturated heterocycles. The van der Waals surface area contributed by atoms with Crippen LogP contribution >= 0.6 is 15.9 Å². The van der Waals surface area contributed by atoms with Gasteiger partial charge in [0.05, 0.1) is 12.7 Å². The number of nitrogen functional groups attached to an aromatic ring is 1. The lowest BCUT2D eigenvalue weighted by Crippen LogP contribution is -2.11. The van der Waals surface area contributed by atoms with Gasteiger partial charge in [0, 0.05) is 27.9 Å². The Kier molecular flexibility index (Phi) is 4.27. The largest absolute Gasteiger partial charge is 0.497 e. The van der Waals surface area contributed by atoms with Crippen LogP contribution in [0.3, 0.4) is 0 Å². The summed E-state index contributed by atoms with van der Waals surface area (Å²) in [6.45, 7) is 1.62.